The van der Waals surface area contributed by atoms with Crippen LogP contribution < -0.4 is 0 Å². The number of fused-ring (bicyclic) bond motifs is 1. The van der Waals surface area contributed by atoms with Gasteiger partial charge in [-0.1, -0.05) is 0 Å². The van der Waals surface area contributed by atoms with Crippen molar-refractivity contribution in [3.8, 4) is 0 Å². The van der Waals surface area contributed by atoms with Crippen LogP contribution in [0.4, 0.5) is 0 Å². The van der Waals surface area contributed by atoms with E-state index in [-0.39, 0.29) is 17.9 Å². The summed E-state index contributed by atoms with van der Waals surface area (Å²) in [6.45, 7) is 4.29. The van der Waals surface area contributed by atoms with Gasteiger partial charge in [-0.05, 0) is 45.1 Å². The highest BCUT2D eigenvalue weighted by molar-refractivity contribution is 5.84. The molecule has 6 nitrogen and oxygen atoms in total. The van der Waals surface area contributed by atoms with E-state index in [0.29, 0.717) is 5.92 Å². The molecule has 6 heteroatoms. The first-order valence-corrected chi connectivity index (χ1v) is 9.71. The number of hydrogen-bond donors (Lipinski definition) is 0. The minimum absolute atomic E-state index is 0.0162. The number of carbonyl (C=O) groups is 1. The molecule has 25 heavy (non-hydrogen) atoms. The Morgan fingerprint density at radius 1 is 1.32 bits per heavy atom. The lowest BCUT2D eigenvalue weighted by molar-refractivity contribution is -0.136. The highest BCUT2D eigenvalue weighted by Gasteiger charge is 2.36. The molecule has 2 unspecified atom stereocenters. The third-order valence-electron chi connectivity index (χ3n) is 5.77. The highest BCUT2D eigenvalue weighted by atomic mass is 16.5. The second-order valence-corrected chi connectivity index (χ2v) is 8.09. The average Bonchev–Trinajstić information content (AvgIpc) is 3.31. The Kier molecular flexibility index (Phi) is 4.82. The third kappa shape index (κ3) is 3.90. The van der Waals surface area contributed by atoms with Gasteiger partial charge in [0.05, 0.1) is 24.3 Å². The quantitative estimate of drug-likeness (QED) is 0.809. The zero-order chi connectivity index (χ0) is 17.4. The largest absolute Gasteiger partial charge is 0.374 e. The van der Waals surface area contributed by atoms with Gasteiger partial charge in [0, 0.05) is 45.0 Å². The maximum absolute atomic E-state index is 13.4. The van der Waals surface area contributed by atoms with E-state index in [2.05, 4.69) is 28.1 Å². The summed E-state index contributed by atoms with van der Waals surface area (Å²) in [7, 11) is 4.08. The first-order chi connectivity index (χ1) is 12.1. The molecule has 0 bridgehead atoms. The molecule has 1 saturated heterocycles. The van der Waals surface area contributed by atoms with E-state index in [1.165, 1.54) is 12.8 Å². The number of hydrogen-bond acceptors (Lipinski definition) is 4. The van der Waals surface area contributed by atoms with Crippen LogP contribution in [-0.2, 0) is 23.0 Å². The molecular weight excluding hydrogens is 316 g/mol. The van der Waals surface area contributed by atoms with E-state index in [0.717, 1.165) is 63.3 Å². The molecule has 2 aliphatic carbocycles. The van der Waals surface area contributed by atoms with E-state index in [9.17, 15) is 4.79 Å². The molecule has 1 aromatic rings. The Bertz CT molecular complexity index is 625. The predicted octanol–water partition coefficient (Wildman–Crippen LogP) is 1.41. The van der Waals surface area contributed by atoms with Crippen LogP contribution in [0.3, 0.4) is 0 Å². The minimum Gasteiger partial charge on any atom is -0.374 e. The molecule has 0 aromatic carbocycles. The molecule has 138 valence electrons. The van der Waals surface area contributed by atoms with Crippen LogP contribution in [-0.4, -0.2) is 71.4 Å². The smallest absolute Gasteiger partial charge is 0.230 e. The minimum atomic E-state index is -0.0162. The first kappa shape index (κ1) is 17.0. The van der Waals surface area contributed by atoms with Crippen LogP contribution in [0.25, 0.3) is 0 Å². The fourth-order valence-corrected chi connectivity index (χ4v) is 4.23. The van der Waals surface area contributed by atoms with Crippen molar-refractivity contribution in [2.75, 3.05) is 39.8 Å². The monoisotopic (exact) mass is 346 g/mol. The van der Waals surface area contributed by atoms with Crippen molar-refractivity contribution in [1.82, 2.24) is 19.6 Å². The van der Waals surface area contributed by atoms with Gasteiger partial charge in [-0.2, -0.15) is 5.10 Å². The SMILES string of the molecule is CN1CCOC(CN(CC2CC2)C(=O)C2CCCc3nn(C)cc32)C1. The van der Waals surface area contributed by atoms with Gasteiger partial charge in [0.25, 0.3) is 0 Å². The number of aryl methyl sites for hydroxylation is 2. The van der Waals surface area contributed by atoms with Gasteiger partial charge in [-0.15, -0.1) is 0 Å². The Balaban J connectivity index is 1.49. The molecule has 0 radical (unpaired) electrons. The molecule has 1 amide bonds. The van der Waals surface area contributed by atoms with Crippen LogP contribution in [0.1, 0.15) is 42.9 Å². The summed E-state index contributed by atoms with van der Waals surface area (Å²) in [5.74, 6) is 0.970. The molecule has 1 aliphatic heterocycles. The summed E-state index contributed by atoms with van der Waals surface area (Å²) in [6.07, 6.45) is 7.72. The first-order valence-electron chi connectivity index (χ1n) is 9.71. The molecule has 3 aliphatic rings. The van der Waals surface area contributed by atoms with Crippen molar-refractivity contribution in [3.05, 3.63) is 17.5 Å². The van der Waals surface area contributed by atoms with E-state index in [1.54, 1.807) is 0 Å². The number of morpholine rings is 1. The van der Waals surface area contributed by atoms with Crippen LogP contribution in [0, 0.1) is 5.92 Å². The van der Waals surface area contributed by atoms with E-state index < -0.39 is 0 Å². The van der Waals surface area contributed by atoms with Gasteiger partial charge in [0.2, 0.25) is 5.91 Å². The number of aromatic nitrogens is 2. The number of nitrogens with zero attached hydrogens (tertiary/aromatic N) is 4. The fraction of sp³-hybridized carbons (Fsp3) is 0.789. The van der Waals surface area contributed by atoms with Crippen LogP contribution in [0.15, 0.2) is 6.20 Å². The molecule has 2 fully saturated rings. The summed E-state index contributed by atoms with van der Waals surface area (Å²) in [4.78, 5) is 17.8. The normalized spacial score (nSPS) is 27.1. The van der Waals surface area contributed by atoms with Crippen LogP contribution in [0.2, 0.25) is 0 Å². The average molecular weight is 346 g/mol. The van der Waals surface area contributed by atoms with Gasteiger partial charge in [0.15, 0.2) is 0 Å². The number of ether oxygens (including phenoxy) is 1. The fourth-order valence-electron chi connectivity index (χ4n) is 4.23. The van der Waals surface area contributed by atoms with Gasteiger partial charge in [0.1, 0.15) is 0 Å². The molecule has 1 saturated carbocycles. The standard InChI is InChI=1S/C19H30N4O2/c1-21-8-9-25-15(11-21)12-23(10-14-6-7-14)19(24)16-4-3-5-18-17(16)13-22(2)20-18/h13-16H,3-12H2,1-2H3. The Labute approximate surface area is 150 Å². The van der Waals surface area contributed by atoms with E-state index in [1.807, 2.05) is 11.7 Å². The second kappa shape index (κ2) is 7.08. The van der Waals surface area contributed by atoms with Crippen molar-refractivity contribution >= 4 is 5.91 Å². The molecule has 4 rings (SSSR count). The predicted molar refractivity (Wildman–Crippen MR) is 95.4 cm³/mol. The summed E-state index contributed by atoms with van der Waals surface area (Å²) >= 11 is 0. The molecular formula is C19H30N4O2. The van der Waals surface area contributed by atoms with E-state index in [4.69, 9.17) is 4.74 Å². The van der Waals surface area contributed by atoms with Crippen molar-refractivity contribution in [3.63, 3.8) is 0 Å². The Morgan fingerprint density at radius 3 is 2.92 bits per heavy atom. The lowest BCUT2D eigenvalue weighted by atomic mass is 9.86. The zero-order valence-electron chi connectivity index (χ0n) is 15.5. The molecule has 0 spiro atoms. The van der Waals surface area contributed by atoms with Crippen molar-refractivity contribution in [2.24, 2.45) is 13.0 Å². The van der Waals surface area contributed by atoms with Crippen molar-refractivity contribution < 1.29 is 9.53 Å². The summed E-state index contributed by atoms with van der Waals surface area (Å²) in [5.41, 5.74) is 2.27. The summed E-state index contributed by atoms with van der Waals surface area (Å²) < 4.78 is 7.80. The highest BCUT2D eigenvalue weighted by Crippen LogP contribution is 2.35. The van der Waals surface area contributed by atoms with Crippen molar-refractivity contribution in [1.29, 1.82) is 0 Å². The topological polar surface area (TPSA) is 50.6 Å². The summed E-state index contributed by atoms with van der Waals surface area (Å²) in [6, 6.07) is 0. The lowest BCUT2D eigenvalue weighted by Crippen LogP contribution is -2.49. The Hall–Kier alpha value is -1.40. The van der Waals surface area contributed by atoms with Crippen LogP contribution >= 0.6 is 0 Å². The molecule has 0 N–H and O–H groups in total. The zero-order valence-corrected chi connectivity index (χ0v) is 15.5. The van der Waals surface area contributed by atoms with Gasteiger partial charge in [-0.25, -0.2) is 0 Å². The lowest BCUT2D eigenvalue weighted by Gasteiger charge is -2.36. The molecule has 2 atom stereocenters. The summed E-state index contributed by atoms with van der Waals surface area (Å²) in [5, 5.41) is 4.56. The number of likely N-dealkylation sites (N-methyl/N-ethyl adjacent to an activating group) is 1. The number of carbonyl (C=O) groups excluding carboxylic acids is 1. The molecule has 1 aromatic heterocycles. The second-order valence-electron chi connectivity index (χ2n) is 8.09. The van der Waals surface area contributed by atoms with Gasteiger partial charge >= 0.3 is 0 Å². The maximum Gasteiger partial charge on any atom is 0.230 e. The Morgan fingerprint density at radius 2 is 2.16 bits per heavy atom. The van der Waals surface area contributed by atoms with Crippen molar-refractivity contribution in [2.45, 2.75) is 44.1 Å². The number of rotatable bonds is 5. The third-order valence-corrected chi connectivity index (χ3v) is 5.77. The maximum atomic E-state index is 13.4. The number of amides is 1. The van der Waals surface area contributed by atoms with E-state index >= 15 is 0 Å². The molecule has 2 heterocycles. The van der Waals surface area contributed by atoms with Gasteiger partial charge < -0.3 is 14.5 Å². The van der Waals surface area contributed by atoms with Gasteiger partial charge in [-0.3, -0.25) is 9.48 Å². The van der Waals surface area contributed by atoms with Crippen LogP contribution in [0.5, 0.6) is 0 Å².